The molecular weight excluding hydrogens is 384 g/mol. The van der Waals surface area contributed by atoms with Gasteiger partial charge in [0, 0.05) is 44.7 Å². The second kappa shape index (κ2) is 8.45. The van der Waals surface area contributed by atoms with E-state index in [0.717, 1.165) is 12.8 Å². The van der Waals surface area contributed by atoms with Gasteiger partial charge in [-0.25, -0.2) is 4.79 Å². The highest BCUT2D eigenvalue weighted by Gasteiger charge is 2.52. The Morgan fingerprint density at radius 3 is 2.23 bits per heavy atom. The Morgan fingerprint density at radius 2 is 1.57 bits per heavy atom. The van der Waals surface area contributed by atoms with Gasteiger partial charge in [-0.05, 0) is 31.4 Å². The van der Waals surface area contributed by atoms with Crippen LogP contribution in [0.25, 0.3) is 0 Å². The molecule has 30 heavy (non-hydrogen) atoms. The third-order valence-electron chi connectivity index (χ3n) is 6.42. The van der Waals surface area contributed by atoms with E-state index in [2.05, 4.69) is 5.32 Å². The highest BCUT2D eigenvalue weighted by atomic mass is 16.2. The molecule has 4 rings (SSSR count). The predicted molar refractivity (Wildman–Crippen MR) is 110 cm³/mol. The van der Waals surface area contributed by atoms with E-state index < -0.39 is 5.54 Å². The van der Waals surface area contributed by atoms with Gasteiger partial charge in [-0.3, -0.25) is 19.3 Å². The van der Waals surface area contributed by atoms with Crippen LogP contribution in [-0.2, 0) is 9.59 Å². The van der Waals surface area contributed by atoms with E-state index >= 15 is 0 Å². The van der Waals surface area contributed by atoms with Crippen molar-refractivity contribution in [2.45, 2.75) is 44.1 Å². The highest BCUT2D eigenvalue weighted by molar-refractivity contribution is 6.07. The lowest BCUT2D eigenvalue weighted by molar-refractivity contribution is -0.134. The van der Waals surface area contributed by atoms with Crippen LogP contribution in [0.5, 0.6) is 0 Å². The smallest absolute Gasteiger partial charge is 0.325 e. The van der Waals surface area contributed by atoms with Crippen LogP contribution in [0, 0.1) is 0 Å². The summed E-state index contributed by atoms with van der Waals surface area (Å²) < 4.78 is 0. The lowest BCUT2D eigenvalue weighted by atomic mass is 9.98. The minimum atomic E-state index is -0.692. The molecule has 0 bridgehead atoms. The van der Waals surface area contributed by atoms with E-state index in [-0.39, 0.29) is 36.7 Å². The second-order valence-electron chi connectivity index (χ2n) is 8.32. The van der Waals surface area contributed by atoms with Crippen LogP contribution in [-0.4, -0.2) is 76.7 Å². The molecule has 1 aliphatic carbocycles. The summed E-state index contributed by atoms with van der Waals surface area (Å²) in [6.07, 6.45) is 4.07. The molecule has 0 radical (unpaired) electrons. The average Bonchev–Trinajstić information content (AvgIpc) is 3.34. The summed E-state index contributed by atoms with van der Waals surface area (Å²) in [7, 11) is 0. The normalized spacial score (nSPS) is 20.7. The van der Waals surface area contributed by atoms with Gasteiger partial charge in [0.05, 0.1) is 0 Å². The fourth-order valence-electron chi connectivity index (χ4n) is 4.67. The zero-order chi connectivity index (χ0) is 21.1. The van der Waals surface area contributed by atoms with Gasteiger partial charge in [-0.1, -0.05) is 31.0 Å². The molecule has 1 aromatic carbocycles. The van der Waals surface area contributed by atoms with Gasteiger partial charge in [-0.15, -0.1) is 0 Å². The summed E-state index contributed by atoms with van der Waals surface area (Å²) >= 11 is 0. The third kappa shape index (κ3) is 3.91. The molecule has 0 unspecified atom stereocenters. The topological polar surface area (TPSA) is 90.0 Å². The molecule has 1 saturated carbocycles. The Morgan fingerprint density at radius 1 is 0.933 bits per heavy atom. The summed E-state index contributed by atoms with van der Waals surface area (Å²) in [6, 6.07) is 8.82. The molecule has 2 heterocycles. The van der Waals surface area contributed by atoms with Gasteiger partial charge in [0.1, 0.15) is 5.54 Å². The average molecular weight is 412 g/mol. The van der Waals surface area contributed by atoms with Crippen LogP contribution in [0.2, 0.25) is 0 Å². The molecule has 8 nitrogen and oxygen atoms in total. The molecule has 2 saturated heterocycles. The maximum Gasteiger partial charge on any atom is 0.325 e. The summed E-state index contributed by atoms with van der Waals surface area (Å²) in [6.45, 7) is 2.29. The second-order valence-corrected chi connectivity index (χ2v) is 8.32. The molecule has 8 heteroatoms. The summed E-state index contributed by atoms with van der Waals surface area (Å²) in [5, 5.41) is 2.86. The fraction of sp³-hybridized carbons (Fsp3) is 0.545. The van der Waals surface area contributed by atoms with Gasteiger partial charge in [0.2, 0.25) is 5.91 Å². The molecule has 0 atom stereocenters. The van der Waals surface area contributed by atoms with Gasteiger partial charge in [0.15, 0.2) is 0 Å². The molecule has 0 aromatic heterocycles. The Kier molecular flexibility index (Phi) is 5.74. The number of urea groups is 1. The zero-order valence-electron chi connectivity index (χ0n) is 17.1. The van der Waals surface area contributed by atoms with Crippen molar-refractivity contribution in [1.29, 1.82) is 0 Å². The number of hydrogen-bond donors (Lipinski definition) is 1. The number of piperazine rings is 1. The standard InChI is InChI=1S/C22H28N4O4/c27-18(9-6-12-26-20(29)22(23-21(26)30)10-4-5-11-22)24-13-15-25(16-14-24)19(28)17-7-2-1-3-8-17/h1-3,7-8H,4-6,9-16H2,(H,23,30). The van der Waals surface area contributed by atoms with Crippen molar-refractivity contribution in [2.75, 3.05) is 32.7 Å². The molecule has 3 fully saturated rings. The monoisotopic (exact) mass is 412 g/mol. The number of nitrogens with zero attached hydrogens (tertiary/aromatic N) is 3. The number of benzene rings is 1. The van der Waals surface area contributed by atoms with Crippen molar-refractivity contribution in [2.24, 2.45) is 0 Å². The van der Waals surface area contributed by atoms with Crippen LogP contribution >= 0.6 is 0 Å². The summed E-state index contributed by atoms with van der Waals surface area (Å²) in [4.78, 5) is 54.7. The van der Waals surface area contributed by atoms with E-state index in [1.165, 1.54) is 4.90 Å². The first-order valence-electron chi connectivity index (χ1n) is 10.8. The minimum absolute atomic E-state index is 0.00411. The van der Waals surface area contributed by atoms with Crippen LogP contribution in [0.4, 0.5) is 4.79 Å². The Bertz CT molecular complexity index is 827. The minimum Gasteiger partial charge on any atom is -0.339 e. The van der Waals surface area contributed by atoms with Crippen molar-refractivity contribution < 1.29 is 19.2 Å². The van der Waals surface area contributed by atoms with Crippen molar-refractivity contribution in [3.8, 4) is 0 Å². The van der Waals surface area contributed by atoms with Crippen molar-refractivity contribution in [1.82, 2.24) is 20.0 Å². The van der Waals surface area contributed by atoms with Crippen LogP contribution in [0.3, 0.4) is 0 Å². The Hall–Kier alpha value is -2.90. The lowest BCUT2D eigenvalue weighted by Crippen LogP contribution is -2.50. The number of rotatable bonds is 5. The van der Waals surface area contributed by atoms with E-state index in [1.807, 2.05) is 18.2 Å². The van der Waals surface area contributed by atoms with Crippen molar-refractivity contribution in [3.63, 3.8) is 0 Å². The molecule has 5 amide bonds. The number of hydrogen-bond acceptors (Lipinski definition) is 4. The predicted octanol–water partition coefficient (Wildman–Crippen LogP) is 1.62. The molecule has 1 spiro atoms. The van der Waals surface area contributed by atoms with Crippen LogP contribution in [0.15, 0.2) is 30.3 Å². The van der Waals surface area contributed by atoms with Gasteiger partial charge < -0.3 is 15.1 Å². The van der Waals surface area contributed by atoms with Gasteiger partial charge >= 0.3 is 6.03 Å². The number of imide groups is 1. The number of carbonyl (C=O) groups is 4. The number of nitrogens with one attached hydrogen (secondary N) is 1. The van der Waals surface area contributed by atoms with Gasteiger partial charge in [0.25, 0.3) is 11.8 Å². The van der Waals surface area contributed by atoms with Gasteiger partial charge in [-0.2, -0.15) is 0 Å². The van der Waals surface area contributed by atoms with Crippen LogP contribution in [0.1, 0.15) is 48.9 Å². The number of amides is 5. The van der Waals surface area contributed by atoms with Crippen molar-refractivity contribution in [3.05, 3.63) is 35.9 Å². The molecule has 160 valence electrons. The quantitative estimate of drug-likeness (QED) is 0.744. The van der Waals surface area contributed by atoms with E-state index in [4.69, 9.17) is 0 Å². The zero-order valence-corrected chi connectivity index (χ0v) is 17.1. The summed E-state index contributed by atoms with van der Waals surface area (Å²) in [5.74, 6) is -0.142. The maximum absolute atomic E-state index is 12.6. The first-order valence-corrected chi connectivity index (χ1v) is 10.8. The fourth-order valence-corrected chi connectivity index (χ4v) is 4.67. The van der Waals surface area contributed by atoms with Crippen molar-refractivity contribution >= 4 is 23.8 Å². The lowest BCUT2D eigenvalue weighted by Gasteiger charge is -2.35. The number of carbonyl (C=O) groups excluding carboxylic acids is 4. The maximum atomic E-state index is 12.6. The molecule has 1 N–H and O–H groups in total. The SMILES string of the molecule is O=C(CCCN1C(=O)NC2(CCCC2)C1=O)N1CCN(C(=O)c2ccccc2)CC1. The molecule has 3 aliphatic rings. The highest BCUT2D eigenvalue weighted by Crippen LogP contribution is 2.35. The summed E-state index contributed by atoms with van der Waals surface area (Å²) in [5.41, 5.74) is -0.0335. The van der Waals surface area contributed by atoms with E-state index in [0.29, 0.717) is 51.0 Å². The Balaban J connectivity index is 1.22. The van der Waals surface area contributed by atoms with E-state index in [1.54, 1.807) is 21.9 Å². The molecule has 1 aromatic rings. The van der Waals surface area contributed by atoms with Crippen LogP contribution < -0.4 is 5.32 Å². The molecular formula is C22H28N4O4. The third-order valence-corrected chi connectivity index (χ3v) is 6.42. The first-order chi connectivity index (χ1) is 14.5. The largest absolute Gasteiger partial charge is 0.339 e. The van der Waals surface area contributed by atoms with E-state index in [9.17, 15) is 19.2 Å². The molecule has 2 aliphatic heterocycles. The Labute approximate surface area is 176 Å². The first kappa shape index (κ1) is 20.4.